The molecule has 1 N–H and O–H groups in total. The average Bonchev–Trinajstić information content (AvgIpc) is 2.39. The van der Waals surface area contributed by atoms with Crippen LogP contribution < -0.4 is 4.90 Å². The van der Waals surface area contributed by atoms with E-state index in [2.05, 4.69) is 4.98 Å². The van der Waals surface area contributed by atoms with Crippen molar-refractivity contribution in [2.24, 2.45) is 0 Å². The number of aromatic carboxylic acids is 1. The number of carboxylic acid groups (broad SMARTS) is 1. The third kappa shape index (κ3) is 3.97. The van der Waals surface area contributed by atoms with E-state index in [-0.39, 0.29) is 5.69 Å². The predicted molar refractivity (Wildman–Crippen MR) is 67.2 cm³/mol. The van der Waals surface area contributed by atoms with Gasteiger partial charge in [-0.05, 0) is 12.1 Å². The molecule has 0 aliphatic heterocycles. The molecule has 6 heteroatoms. The number of nitrogens with zero attached hydrogens (tertiary/aromatic N) is 2. The number of rotatable bonds is 8. The van der Waals surface area contributed by atoms with E-state index in [0.717, 1.165) is 0 Å². The molecule has 0 saturated heterocycles. The van der Waals surface area contributed by atoms with Gasteiger partial charge in [0.05, 0.1) is 18.9 Å². The van der Waals surface area contributed by atoms with Crippen LogP contribution >= 0.6 is 0 Å². The van der Waals surface area contributed by atoms with Gasteiger partial charge in [0, 0.05) is 33.5 Å². The molecule has 0 radical (unpaired) electrons. The molecule has 0 bridgehead atoms. The second-order valence-corrected chi connectivity index (χ2v) is 3.65. The number of methoxy groups -OCH3 is 2. The van der Waals surface area contributed by atoms with Crippen molar-refractivity contribution in [3.8, 4) is 0 Å². The van der Waals surface area contributed by atoms with Gasteiger partial charge in [-0.15, -0.1) is 0 Å². The van der Waals surface area contributed by atoms with Crippen molar-refractivity contribution in [3.05, 3.63) is 24.0 Å². The molecular formula is C12H18N2O4. The fourth-order valence-corrected chi connectivity index (χ4v) is 1.57. The van der Waals surface area contributed by atoms with Gasteiger partial charge in [0.15, 0.2) is 5.69 Å². The van der Waals surface area contributed by atoms with Gasteiger partial charge in [-0.1, -0.05) is 0 Å². The highest BCUT2D eigenvalue weighted by molar-refractivity contribution is 5.92. The minimum atomic E-state index is -1.04. The summed E-state index contributed by atoms with van der Waals surface area (Å²) in [7, 11) is 3.21. The lowest BCUT2D eigenvalue weighted by Gasteiger charge is -2.25. The van der Waals surface area contributed by atoms with E-state index >= 15 is 0 Å². The normalized spacial score (nSPS) is 10.3. The van der Waals surface area contributed by atoms with Gasteiger partial charge < -0.3 is 19.5 Å². The van der Waals surface area contributed by atoms with E-state index in [1.54, 1.807) is 26.4 Å². The van der Waals surface area contributed by atoms with Gasteiger partial charge in [0.1, 0.15) is 0 Å². The number of aromatic nitrogens is 1. The molecule has 6 nitrogen and oxygen atoms in total. The predicted octanol–water partition coefficient (Wildman–Crippen LogP) is 0.879. The summed E-state index contributed by atoms with van der Waals surface area (Å²) in [6.07, 6.45) is 1.47. The Kier molecular flexibility index (Phi) is 6.10. The second kappa shape index (κ2) is 7.62. The van der Waals surface area contributed by atoms with Crippen LogP contribution in [-0.2, 0) is 9.47 Å². The number of carboxylic acids is 1. The molecule has 0 fully saturated rings. The van der Waals surface area contributed by atoms with Gasteiger partial charge in [0.2, 0.25) is 0 Å². The van der Waals surface area contributed by atoms with Gasteiger partial charge >= 0.3 is 5.97 Å². The lowest BCUT2D eigenvalue weighted by molar-refractivity contribution is 0.0691. The first-order valence-corrected chi connectivity index (χ1v) is 5.61. The number of pyridine rings is 1. The van der Waals surface area contributed by atoms with Crippen molar-refractivity contribution in [1.82, 2.24) is 4.98 Å². The van der Waals surface area contributed by atoms with Crippen molar-refractivity contribution in [2.45, 2.75) is 0 Å². The zero-order valence-corrected chi connectivity index (χ0v) is 10.6. The summed E-state index contributed by atoms with van der Waals surface area (Å²) in [5.74, 6) is -1.04. The first kappa shape index (κ1) is 14.4. The molecule has 18 heavy (non-hydrogen) atoms. The number of carbonyl (C=O) groups is 1. The zero-order valence-electron chi connectivity index (χ0n) is 10.6. The van der Waals surface area contributed by atoms with E-state index in [1.807, 2.05) is 4.90 Å². The lowest BCUT2D eigenvalue weighted by atomic mass is 10.2. The highest BCUT2D eigenvalue weighted by Gasteiger charge is 2.16. The Labute approximate surface area is 106 Å². The summed E-state index contributed by atoms with van der Waals surface area (Å²) in [6.45, 7) is 2.20. The molecule has 0 spiro atoms. The highest BCUT2D eigenvalue weighted by atomic mass is 16.5. The summed E-state index contributed by atoms with van der Waals surface area (Å²) in [5.41, 5.74) is 0.629. The average molecular weight is 254 g/mol. The van der Waals surface area contributed by atoms with Crippen LogP contribution in [0.5, 0.6) is 0 Å². The highest BCUT2D eigenvalue weighted by Crippen LogP contribution is 2.17. The summed E-state index contributed by atoms with van der Waals surface area (Å²) < 4.78 is 10.0. The summed E-state index contributed by atoms with van der Waals surface area (Å²) in [6, 6.07) is 3.45. The van der Waals surface area contributed by atoms with Crippen molar-refractivity contribution in [2.75, 3.05) is 45.4 Å². The second-order valence-electron chi connectivity index (χ2n) is 3.65. The molecular weight excluding hydrogens is 236 g/mol. The Balaban J connectivity index is 2.92. The van der Waals surface area contributed by atoms with Crippen molar-refractivity contribution in [1.29, 1.82) is 0 Å². The van der Waals surface area contributed by atoms with Crippen LogP contribution in [0.2, 0.25) is 0 Å². The molecule has 1 aromatic rings. The molecule has 0 saturated carbocycles. The third-order valence-electron chi connectivity index (χ3n) is 2.46. The maximum Gasteiger partial charge on any atom is 0.356 e. The summed E-state index contributed by atoms with van der Waals surface area (Å²) in [5, 5.41) is 9.11. The van der Waals surface area contributed by atoms with Crippen molar-refractivity contribution in [3.63, 3.8) is 0 Å². The van der Waals surface area contributed by atoms with Crippen LogP contribution in [0.15, 0.2) is 18.3 Å². The van der Waals surface area contributed by atoms with Crippen LogP contribution in [0.3, 0.4) is 0 Å². The van der Waals surface area contributed by atoms with E-state index in [1.165, 1.54) is 6.20 Å². The minimum absolute atomic E-state index is 0.0460. The monoisotopic (exact) mass is 254 g/mol. The summed E-state index contributed by atoms with van der Waals surface area (Å²) >= 11 is 0. The first-order chi connectivity index (χ1) is 8.70. The Hall–Kier alpha value is -1.66. The maximum atomic E-state index is 11.1. The van der Waals surface area contributed by atoms with E-state index < -0.39 is 5.97 Å². The SMILES string of the molecule is COCCN(CCOC)c1cccnc1C(=O)O. The molecule has 0 unspecified atom stereocenters. The van der Waals surface area contributed by atoms with Crippen LogP contribution in [0.1, 0.15) is 10.5 Å². The first-order valence-electron chi connectivity index (χ1n) is 5.61. The molecule has 0 aliphatic carbocycles. The molecule has 1 heterocycles. The van der Waals surface area contributed by atoms with Crippen LogP contribution in [-0.4, -0.2) is 56.6 Å². The fraction of sp³-hybridized carbons (Fsp3) is 0.500. The van der Waals surface area contributed by atoms with E-state index in [4.69, 9.17) is 14.6 Å². The Bertz CT molecular complexity index is 376. The molecule has 0 atom stereocenters. The number of anilines is 1. The molecule has 100 valence electrons. The Morgan fingerprint density at radius 1 is 1.33 bits per heavy atom. The topological polar surface area (TPSA) is 71.9 Å². The number of ether oxygens (including phenoxy) is 2. The van der Waals surface area contributed by atoms with Gasteiger partial charge in [-0.3, -0.25) is 0 Å². The summed E-state index contributed by atoms with van der Waals surface area (Å²) in [4.78, 5) is 16.9. The number of hydrogen-bond donors (Lipinski definition) is 1. The largest absolute Gasteiger partial charge is 0.476 e. The number of hydrogen-bond acceptors (Lipinski definition) is 5. The van der Waals surface area contributed by atoms with Gasteiger partial charge in [0.25, 0.3) is 0 Å². The van der Waals surface area contributed by atoms with Gasteiger partial charge in [-0.25, -0.2) is 9.78 Å². The molecule has 0 aromatic carbocycles. The van der Waals surface area contributed by atoms with Crippen molar-refractivity contribution >= 4 is 11.7 Å². The quantitative estimate of drug-likeness (QED) is 0.742. The molecule has 1 aromatic heterocycles. The third-order valence-corrected chi connectivity index (χ3v) is 2.46. The molecule has 0 aliphatic rings. The smallest absolute Gasteiger partial charge is 0.356 e. The van der Waals surface area contributed by atoms with E-state index in [9.17, 15) is 4.79 Å². The Morgan fingerprint density at radius 2 is 1.94 bits per heavy atom. The van der Waals surface area contributed by atoms with Crippen molar-refractivity contribution < 1.29 is 19.4 Å². The lowest BCUT2D eigenvalue weighted by Crippen LogP contribution is -2.32. The zero-order chi connectivity index (χ0) is 13.4. The standard InChI is InChI=1S/C12H18N2O4/c1-17-8-6-14(7-9-18-2)10-4-3-5-13-11(10)12(15)16/h3-5H,6-9H2,1-2H3,(H,15,16). The molecule has 1 rings (SSSR count). The molecule has 0 amide bonds. The maximum absolute atomic E-state index is 11.1. The Morgan fingerprint density at radius 3 is 2.44 bits per heavy atom. The van der Waals surface area contributed by atoms with E-state index in [0.29, 0.717) is 32.0 Å². The van der Waals surface area contributed by atoms with Crippen LogP contribution in [0, 0.1) is 0 Å². The van der Waals surface area contributed by atoms with Gasteiger partial charge in [-0.2, -0.15) is 0 Å². The van der Waals surface area contributed by atoms with Crippen LogP contribution in [0.25, 0.3) is 0 Å². The fourth-order valence-electron chi connectivity index (χ4n) is 1.57. The minimum Gasteiger partial charge on any atom is -0.476 e. The van der Waals surface area contributed by atoms with Crippen LogP contribution in [0.4, 0.5) is 5.69 Å².